The van der Waals surface area contributed by atoms with Crippen LogP contribution < -0.4 is 10.9 Å². The number of fused-ring (bicyclic) bond motifs is 1. The maximum Gasteiger partial charge on any atom is 0.266 e. The number of carbonyl (C=O) groups is 1. The molecule has 4 rings (SSSR count). The van der Waals surface area contributed by atoms with Gasteiger partial charge in [-0.1, -0.05) is 65.3 Å². The van der Waals surface area contributed by atoms with Crippen molar-refractivity contribution in [1.82, 2.24) is 9.55 Å². The SMILES string of the molecule is Cc1ccc(C)c(-n2c(SCC(=O)Nc3c(Cl)cccc3Cl)nc3ccccc3c2=O)c1. The highest BCUT2D eigenvalue weighted by molar-refractivity contribution is 7.99. The summed E-state index contributed by atoms with van der Waals surface area (Å²) in [5.41, 5.74) is 3.46. The molecule has 0 bridgehead atoms. The number of rotatable bonds is 5. The molecule has 1 amide bonds. The minimum absolute atomic E-state index is 0.0250. The van der Waals surface area contributed by atoms with Gasteiger partial charge in [0.2, 0.25) is 5.91 Å². The van der Waals surface area contributed by atoms with Gasteiger partial charge in [0.15, 0.2) is 5.16 Å². The van der Waals surface area contributed by atoms with Crippen molar-refractivity contribution in [2.75, 3.05) is 11.1 Å². The third kappa shape index (κ3) is 4.53. The van der Waals surface area contributed by atoms with E-state index in [-0.39, 0.29) is 17.2 Å². The van der Waals surface area contributed by atoms with Gasteiger partial charge in [0.1, 0.15) is 0 Å². The highest BCUT2D eigenvalue weighted by atomic mass is 35.5. The number of anilines is 1. The number of nitrogens with one attached hydrogen (secondary N) is 1. The molecule has 1 heterocycles. The van der Waals surface area contributed by atoms with Crippen molar-refractivity contribution in [3.63, 3.8) is 0 Å². The zero-order valence-corrected chi connectivity index (χ0v) is 19.7. The van der Waals surface area contributed by atoms with E-state index in [1.54, 1.807) is 34.9 Å². The number of hydrogen-bond donors (Lipinski definition) is 1. The normalized spacial score (nSPS) is 11.0. The van der Waals surface area contributed by atoms with Crippen molar-refractivity contribution in [3.05, 3.63) is 92.2 Å². The number of thioether (sulfide) groups is 1. The summed E-state index contributed by atoms with van der Waals surface area (Å²) in [5, 5.41) is 4.40. The predicted octanol–water partition coefficient (Wildman–Crippen LogP) is 6.04. The number of benzene rings is 3. The number of amides is 1. The van der Waals surface area contributed by atoms with Crippen LogP contribution in [-0.2, 0) is 4.79 Å². The average Bonchev–Trinajstić information content (AvgIpc) is 2.77. The third-order valence-corrected chi connectivity index (χ3v) is 6.48. The number of aromatic nitrogens is 2. The minimum atomic E-state index is -0.306. The second-order valence-electron chi connectivity index (χ2n) is 7.28. The van der Waals surface area contributed by atoms with Crippen molar-refractivity contribution in [2.45, 2.75) is 19.0 Å². The van der Waals surface area contributed by atoms with E-state index in [9.17, 15) is 9.59 Å². The van der Waals surface area contributed by atoms with Crippen molar-refractivity contribution >= 4 is 57.5 Å². The Labute approximate surface area is 199 Å². The van der Waals surface area contributed by atoms with Crippen molar-refractivity contribution in [3.8, 4) is 5.69 Å². The number of hydrogen-bond acceptors (Lipinski definition) is 4. The minimum Gasteiger partial charge on any atom is -0.323 e. The summed E-state index contributed by atoms with van der Waals surface area (Å²) in [6.07, 6.45) is 0. The van der Waals surface area contributed by atoms with Crippen LogP contribution in [0.3, 0.4) is 0 Å². The maximum absolute atomic E-state index is 13.4. The number of para-hydroxylation sites is 2. The monoisotopic (exact) mass is 483 g/mol. The quantitative estimate of drug-likeness (QED) is 0.277. The molecule has 162 valence electrons. The van der Waals surface area contributed by atoms with Crippen LogP contribution in [0.4, 0.5) is 5.69 Å². The average molecular weight is 484 g/mol. The van der Waals surface area contributed by atoms with E-state index in [2.05, 4.69) is 5.32 Å². The van der Waals surface area contributed by atoms with Gasteiger partial charge in [0, 0.05) is 0 Å². The molecule has 32 heavy (non-hydrogen) atoms. The largest absolute Gasteiger partial charge is 0.323 e. The molecule has 0 unspecified atom stereocenters. The van der Waals surface area contributed by atoms with Gasteiger partial charge in [-0.2, -0.15) is 0 Å². The summed E-state index contributed by atoms with van der Waals surface area (Å²) in [6.45, 7) is 3.91. The van der Waals surface area contributed by atoms with E-state index < -0.39 is 0 Å². The van der Waals surface area contributed by atoms with Gasteiger partial charge in [-0.05, 0) is 55.3 Å². The van der Waals surface area contributed by atoms with Gasteiger partial charge >= 0.3 is 0 Å². The number of nitrogens with zero attached hydrogens (tertiary/aromatic N) is 2. The molecule has 0 fully saturated rings. The highest BCUT2D eigenvalue weighted by Crippen LogP contribution is 2.30. The molecule has 0 aliphatic rings. The molecule has 5 nitrogen and oxygen atoms in total. The van der Waals surface area contributed by atoms with Crippen LogP contribution in [0.25, 0.3) is 16.6 Å². The summed E-state index contributed by atoms with van der Waals surface area (Å²) < 4.78 is 1.57. The van der Waals surface area contributed by atoms with Crippen molar-refractivity contribution in [1.29, 1.82) is 0 Å². The molecule has 0 atom stereocenters. The standard InChI is InChI=1S/C24H19Cl2N3O2S/c1-14-10-11-15(2)20(12-14)29-23(31)16-6-3-4-9-19(16)27-24(29)32-13-21(30)28-22-17(25)7-5-8-18(22)26/h3-12H,13H2,1-2H3,(H,28,30). The zero-order chi connectivity index (χ0) is 22.8. The van der Waals surface area contributed by atoms with E-state index in [4.69, 9.17) is 28.2 Å². The Kier molecular flexibility index (Phi) is 6.55. The molecule has 1 aromatic heterocycles. The molecule has 8 heteroatoms. The van der Waals surface area contributed by atoms with Crippen LogP contribution in [0.15, 0.2) is 70.6 Å². The first-order chi connectivity index (χ1) is 15.3. The van der Waals surface area contributed by atoms with Gasteiger partial charge in [-0.25, -0.2) is 4.98 Å². The second kappa shape index (κ2) is 9.36. The number of halogens is 2. The van der Waals surface area contributed by atoms with E-state index in [0.29, 0.717) is 31.8 Å². The molecule has 0 radical (unpaired) electrons. The third-order valence-electron chi connectivity index (χ3n) is 4.91. The Morgan fingerprint density at radius 2 is 1.75 bits per heavy atom. The Morgan fingerprint density at radius 1 is 1.03 bits per heavy atom. The fraction of sp³-hybridized carbons (Fsp3) is 0.125. The summed E-state index contributed by atoms with van der Waals surface area (Å²) in [5.74, 6) is -0.281. The van der Waals surface area contributed by atoms with Crippen molar-refractivity contribution in [2.24, 2.45) is 0 Å². The summed E-state index contributed by atoms with van der Waals surface area (Å²) in [4.78, 5) is 30.7. The van der Waals surface area contributed by atoms with Crippen LogP contribution in [0.2, 0.25) is 10.0 Å². The zero-order valence-electron chi connectivity index (χ0n) is 17.4. The van der Waals surface area contributed by atoms with Gasteiger partial charge < -0.3 is 5.32 Å². The first-order valence-corrected chi connectivity index (χ1v) is 11.6. The number of carbonyl (C=O) groups excluding carboxylic acids is 1. The van der Waals surface area contributed by atoms with E-state index in [0.717, 1.165) is 16.8 Å². The Morgan fingerprint density at radius 3 is 2.50 bits per heavy atom. The lowest BCUT2D eigenvalue weighted by Gasteiger charge is -2.16. The van der Waals surface area contributed by atoms with Gasteiger partial charge in [-0.15, -0.1) is 0 Å². The summed E-state index contributed by atoms with van der Waals surface area (Å²) >= 11 is 13.5. The Bertz CT molecular complexity index is 1380. The lowest BCUT2D eigenvalue weighted by molar-refractivity contribution is -0.113. The molecule has 0 spiro atoms. The van der Waals surface area contributed by atoms with Gasteiger partial charge in [-0.3, -0.25) is 14.2 Å². The first-order valence-electron chi connectivity index (χ1n) is 9.81. The van der Waals surface area contributed by atoms with Crippen LogP contribution in [0, 0.1) is 13.8 Å². The molecular formula is C24H19Cl2N3O2S. The molecule has 0 saturated heterocycles. The molecule has 0 saturated carbocycles. The summed E-state index contributed by atoms with van der Waals surface area (Å²) in [6, 6.07) is 18.1. The van der Waals surface area contributed by atoms with E-state index in [1.807, 2.05) is 44.2 Å². The Balaban J connectivity index is 1.72. The first kappa shape index (κ1) is 22.4. The van der Waals surface area contributed by atoms with Gasteiger partial charge in [0.05, 0.1) is 38.1 Å². The highest BCUT2D eigenvalue weighted by Gasteiger charge is 2.17. The molecule has 4 aromatic rings. The molecular weight excluding hydrogens is 465 g/mol. The molecule has 0 aliphatic heterocycles. The van der Waals surface area contributed by atoms with E-state index >= 15 is 0 Å². The fourth-order valence-corrected chi connectivity index (χ4v) is 4.60. The van der Waals surface area contributed by atoms with Gasteiger partial charge in [0.25, 0.3) is 5.56 Å². The molecule has 1 N–H and O–H groups in total. The Hall–Kier alpha value is -2.80. The number of aryl methyl sites for hydroxylation is 2. The molecule has 3 aromatic carbocycles. The topological polar surface area (TPSA) is 64.0 Å². The second-order valence-corrected chi connectivity index (χ2v) is 9.03. The van der Waals surface area contributed by atoms with Crippen LogP contribution >= 0.6 is 35.0 Å². The van der Waals surface area contributed by atoms with Crippen LogP contribution in [0.5, 0.6) is 0 Å². The summed E-state index contributed by atoms with van der Waals surface area (Å²) in [7, 11) is 0. The smallest absolute Gasteiger partial charge is 0.266 e. The van der Waals surface area contributed by atoms with Crippen LogP contribution in [0.1, 0.15) is 11.1 Å². The maximum atomic E-state index is 13.4. The van der Waals surface area contributed by atoms with Crippen molar-refractivity contribution < 1.29 is 4.79 Å². The molecule has 0 aliphatic carbocycles. The predicted molar refractivity (Wildman–Crippen MR) is 133 cm³/mol. The lowest BCUT2D eigenvalue weighted by atomic mass is 10.1. The van der Waals surface area contributed by atoms with Crippen LogP contribution in [-0.4, -0.2) is 21.2 Å². The fourth-order valence-electron chi connectivity index (χ4n) is 3.30. The van der Waals surface area contributed by atoms with E-state index in [1.165, 1.54) is 11.8 Å². The lowest BCUT2D eigenvalue weighted by Crippen LogP contribution is -2.23.